The minimum Gasteiger partial charge on any atom is -0.294 e. The summed E-state index contributed by atoms with van der Waals surface area (Å²) in [6.07, 6.45) is 0.437. The van der Waals surface area contributed by atoms with E-state index in [2.05, 4.69) is 17.5 Å². The first kappa shape index (κ1) is 13.3. The minimum absolute atomic E-state index is 0.141. The summed E-state index contributed by atoms with van der Waals surface area (Å²) < 4.78 is 1.23. The molecule has 0 aliphatic carbocycles. The van der Waals surface area contributed by atoms with Gasteiger partial charge in [-0.05, 0) is 53.1 Å². The fraction of sp³-hybridized carbons (Fsp3) is 0.118. The highest BCUT2D eigenvalue weighted by atomic mass is 35.5. The topological polar surface area (TPSA) is 17.1 Å². The maximum Gasteiger partial charge on any atom is 0.167 e. The Morgan fingerprint density at radius 1 is 1.20 bits per heavy atom. The molecule has 0 saturated carbocycles. The van der Waals surface area contributed by atoms with Crippen molar-refractivity contribution in [1.29, 1.82) is 0 Å². The highest BCUT2D eigenvalue weighted by molar-refractivity contribution is 7.17. The molecule has 0 fully saturated rings. The van der Waals surface area contributed by atoms with Gasteiger partial charge in [0, 0.05) is 21.7 Å². The van der Waals surface area contributed by atoms with Crippen molar-refractivity contribution >= 4 is 38.8 Å². The summed E-state index contributed by atoms with van der Waals surface area (Å²) in [5, 5.41) is 3.92. The van der Waals surface area contributed by atoms with E-state index in [4.69, 9.17) is 11.6 Å². The molecule has 1 aromatic heterocycles. The van der Waals surface area contributed by atoms with Crippen LogP contribution in [0.2, 0.25) is 5.02 Å². The predicted molar refractivity (Wildman–Crippen MR) is 86.0 cm³/mol. The van der Waals surface area contributed by atoms with Crippen LogP contribution in [0.3, 0.4) is 0 Å². The Bertz CT molecular complexity index is 789. The number of benzene rings is 2. The number of halogens is 1. The maximum absolute atomic E-state index is 12.4. The predicted octanol–water partition coefficient (Wildman–Crippen LogP) is 5.29. The molecular formula is C17H13ClOS. The highest BCUT2D eigenvalue weighted by Gasteiger charge is 2.13. The second-order valence-electron chi connectivity index (χ2n) is 4.82. The van der Waals surface area contributed by atoms with Gasteiger partial charge in [-0.2, -0.15) is 0 Å². The van der Waals surface area contributed by atoms with Gasteiger partial charge in [-0.3, -0.25) is 4.79 Å². The van der Waals surface area contributed by atoms with Crippen LogP contribution >= 0.6 is 22.9 Å². The summed E-state index contributed by atoms with van der Waals surface area (Å²) in [6.45, 7) is 1.92. The number of ketones is 1. The molecule has 0 saturated heterocycles. The average Bonchev–Trinajstić information content (AvgIpc) is 2.82. The quantitative estimate of drug-likeness (QED) is 0.601. The smallest absolute Gasteiger partial charge is 0.167 e. The van der Waals surface area contributed by atoms with Crippen molar-refractivity contribution in [2.45, 2.75) is 13.3 Å². The minimum atomic E-state index is 0.141. The zero-order valence-electron chi connectivity index (χ0n) is 11.0. The Morgan fingerprint density at radius 2 is 2.00 bits per heavy atom. The average molecular weight is 301 g/mol. The van der Waals surface area contributed by atoms with Gasteiger partial charge in [-0.25, -0.2) is 0 Å². The molecule has 0 amide bonds. The van der Waals surface area contributed by atoms with E-state index in [1.807, 2.05) is 31.2 Å². The number of fused-ring (bicyclic) bond motifs is 1. The summed E-state index contributed by atoms with van der Waals surface area (Å²) in [7, 11) is 0. The van der Waals surface area contributed by atoms with Gasteiger partial charge in [0.05, 0.1) is 0 Å². The van der Waals surface area contributed by atoms with Crippen LogP contribution in [0.1, 0.15) is 21.5 Å². The van der Waals surface area contributed by atoms with Crippen LogP contribution in [0.25, 0.3) is 10.1 Å². The van der Waals surface area contributed by atoms with Crippen molar-refractivity contribution in [2.75, 3.05) is 0 Å². The van der Waals surface area contributed by atoms with Gasteiger partial charge >= 0.3 is 0 Å². The van der Waals surface area contributed by atoms with E-state index in [-0.39, 0.29) is 5.78 Å². The fourth-order valence-corrected chi connectivity index (χ4v) is 3.57. The molecule has 3 rings (SSSR count). The molecular weight excluding hydrogens is 288 g/mol. The van der Waals surface area contributed by atoms with Crippen LogP contribution in [-0.4, -0.2) is 5.78 Å². The van der Waals surface area contributed by atoms with Crippen molar-refractivity contribution in [1.82, 2.24) is 0 Å². The molecule has 0 spiro atoms. The third kappa shape index (κ3) is 2.49. The Hall–Kier alpha value is -1.64. The lowest BCUT2D eigenvalue weighted by Crippen LogP contribution is -2.05. The first-order valence-corrected chi connectivity index (χ1v) is 7.65. The van der Waals surface area contributed by atoms with E-state index < -0.39 is 0 Å². The Balaban J connectivity index is 1.92. The molecule has 0 atom stereocenters. The van der Waals surface area contributed by atoms with Gasteiger partial charge in [0.2, 0.25) is 0 Å². The van der Waals surface area contributed by atoms with E-state index in [0.29, 0.717) is 11.4 Å². The van der Waals surface area contributed by atoms with Crippen LogP contribution in [0.15, 0.2) is 47.8 Å². The van der Waals surface area contributed by atoms with Gasteiger partial charge < -0.3 is 0 Å². The maximum atomic E-state index is 12.4. The summed E-state index contributed by atoms with van der Waals surface area (Å²) in [5.74, 6) is 0.141. The Kier molecular flexibility index (Phi) is 3.60. The lowest BCUT2D eigenvalue weighted by atomic mass is 9.99. The normalized spacial score (nSPS) is 10.9. The number of thiophene rings is 1. The Morgan fingerprint density at radius 3 is 2.80 bits per heavy atom. The molecule has 0 radical (unpaired) electrons. The SMILES string of the molecule is Cc1cc(Cl)ccc1C(=O)Cc1csc2ccccc12. The molecule has 3 aromatic rings. The van der Waals surface area contributed by atoms with Gasteiger partial charge in [0.15, 0.2) is 5.78 Å². The Labute approximate surface area is 126 Å². The summed E-state index contributed by atoms with van der Waals surface area (Å²) in [6, 6.07) is 13.6. The van der Waals surface area contributed by atoms with Gasteiger partial charge in [-0.1, -0.05) is 29.8 Å². The number of carbonyl (C=O) groups is 1. The molecule has 1 nitrogen and oxygen atoms in total. The van der Waals surface area contributed by atoms with Crippen LogP contribution in [0.4, 0.5) is 0 Å². The third-order valence-corrected chi connectivity index (χ3v) is 4.65. The molecule has 3 heteroatoms. The zero-order valence-corrected chi connectivity index (χ0v) is 12.6. The molecule has 0 N–H and O–H groups in total. The molecule has 0 unspecified atom stereocenters. The lowest BCUT2D eigenvalue weighted by Gasteiger charge is -2.05. The van der Waals surface area contributed by atoms with E-state index in [1.54, 1.807) is 17.4 Å². The summed E-state index contributed by atoms with van der Waals surface area (Å²) in [4.78, 5) is 12.4. The number of aryl methyl sites for hydroxylation is 1. The van der Waals surface area contributed by atoms with Crippen LogP contribution < -0.4 is 0 Å². The second-order valence-corrected chi connectivity index (χ2v) is 6.16. The largest absolute Gasteiger partial charge is 0.294 e. The van der Waals surface area contributed by atoms with E-state index in [9.17, 15) is 4.79 Å². The molecule has 0 aliphatic heterocycles. The third-order valence-electron chi connectivity index (χ3n) is 3.40. The van der Waals surface area contributed by atoms with Crippen molar-refractivity contribution in [3.05, 3.63) is 69.6 Å². The van der Waals surface area contributed by atoms with Gasteiger partial charge in [-0.15, -0.1) is 11.3 Å². The van der Waals surface area contributed by atoms with Crippen LogP contribution in [0, 0.1) is 6.92 Å². The summed E-state index contributed by atoms with van der Waals surface area (Å²) in [5.41, 5.74) is 2.79. The molecule has 20 heavy (non-hydrogen) atoms. The first-order valence-electron chi connectivity index (χ1n) is 6.39. The molecule has 0 bridgehead atoms. The van der Waals surface area contributed by atoms with Gasteiger partial charge in [0.1, 0.15) is 0 Å². The second kappa shape index (κ2) is 5.39. The van der Waals surface area contributed by atoms with Crippen LogP contribution in [0.5, 0.6) is 0 Å². The number of Topliss-reactive ketones (excluding diaryl/α,β-unsaturated/α-hetero) is 1. The molecule has 1 heterocycles. The van der Waals surface area contributed by atoms with E-state index >= 15 is 0 Å². The number of hydrogen-bond donors (Lipinski definition) is 0. The van der Waals surface area contributed by atoms with Crippen molar-refractivity contribution in [2.24, 2.45) is 0 Å². The lowest BCUT2D eigenvalue weighted by molar-refractivity contribution is 0.0993. The van der Waals surface area contributed by atoms with Crippen molar-refractivity contribution in [3.8, 4) is 0 Å². The molecule has 100 valence electrons. The van der Waals surface area contributed by atoms with Crippen molar-refractivity contribution < 1.29 is 4.79 Å². The van der Waals surface area contributed by atoms with E-state index in [0.717, 1.165) is 16.7 Å². The monoisotopic (exact) mass is 300 g/mol. The number of rotatable bonds is 3. The van der Waals surface area contributed by atoms with Crippen LogP contribution in [-0.2, 0) is 6.42 Å². The zero-order chi connectivity index (χ0) is 14.1. The standard InChI is InChI=1S/C17H13ClOS/c1-11-8-13(18)6-7-14(11)16(19)9-12-10-20-17-5-3-2-4-15(12)17/h2-8,10H,9H2,1H3. The summed E-state index contributed by atoms with van der Waals surface area (Å²) >= 11 is 7.62. The van der Waals surface area contributed by atoms with Gasteiger partial charge in [0.25, 0.3) is 0 Å². The number of carbonyl (C=O) groups excluding carboxylic acids is 1. The van der Waals surface area contributed by atoms with E-state index in [1.165, 1.54) is 10.1 Å². The highest BCUT2D eigenvalue weighted by Crippen LogP contribution is 2.27. The van der Waals surface area contributed by atoms with Crippen molar-refractivity contribution in [3.63, 3.8) is 0 Å². The number of hydrogen-bond acceptors (Lipinski definition) is 2. The molecule has 0 aliphatic rings. The molecule has 2 aromatic carbocycles. The first-order chi connectivity index (χ1) is 9.65. The fourth-order valence-electron chi connectivity index (χ4n) is 2.38.